The van der Waals surface area contributed by atoms with Crippen molar-refractivity contribution in [1.29, 1.82) is 5.26 Å². The number of ether oxygens (including phenoxy) is 3. The molecule has 0 saturated carbocycles. The van der Waals surface area contributed by atoms with Gasteiger partial charge in [0.1, 0.15) is 35.6 Å². The van der Waals surface area contributed by atoms with E-state index in [0.29, 0.717) is 24.2 Å². The summed E-state index contributed by atoms with van der Waals surface area (Å²) in [7, 11) is 1.60. The van der Waals surface area contributed by atoms with Crippen LogP contribution in [0.4, 0.5) is 13.2 Å². The molecule has 1 aliphatic rings. The fourth-order valence-corrected chi connectivity index (χ4v) is 4.12. The molecule has 0 fully saturated rings. The minimum Gasteiger partial charge on any atom is -0.497 e. The van der Waals surface area contributed by atoms with E-state index in [0.717, 1.165) is 35.2 Å². The molecule has 0 atom stereocenters. The van der Waals surface area contributed by atoms with Crippen LogP contribution in [0.3, 0.4) is 0 Å². The summed E-state index contributed by atoms with van der Waals surface area (Å²) in [5, 5.41) is 9.56. The van der Waals surface area contributed by atoms with E-state index in [1.54, 1.807) is 23.8 Å². The number of aromatic nitrogens is 3. The first-order valence-corrected chi connectivity index (χ1v) is 11.4. The van der Waals surface area contributed by atoms with E-state index < -0.39 is 17.6 Å². The zero-order valence-corrected chi connectivity index (χ0v) is 20.0. The van der Waals surface area contributed by atoms with Gasteiger partial charge >= 0.3 is 11.9 Å². The van der Waals surface area contributed by atoms with Gasteiger partial charge in [-0.25, -0.2) is 9.78 Å². The maximum atomic E-state index is 12.7. The minimum atomic E-state index is -4.56. The first-order valence-electron chi connectivity index (χ1n) is 11.4. The molecule has 0 saturated heterocycles. The Bertz CT molecular complexity index is 1610. The smallest absolute Gasteiger partial charge is 0.433 e. The van der Waals surface area contributed by atoms with Crippen molar-refractivity contribution < 1.29 is 27.4 Å². The highest BCUT2D eigenvalue weighted by atomic mass is 19.4. The number of halogens is 3. The van der Waals surface area contributed by atoms with Gasteiger partial charge in [-0.15, -0.1) is 0 Å². The van der Waals surface area contributed by atoms with Crippen LogP contribution in [-0.4, -0.2) is 21.6 Å². The Hall–Kier alpha value is -4.85. The number of methoxy groups -OCH3 is 1. The average molecular weight is 520 g/mol. The van der Waals surface area contributed by atoms with Crippen molar-refractivity contribution in [3.05, 3.63) is 93.7 Å². The molecule has 0 amide bonds. The molecule has 2 aromatic heterocycles. The topological polar surface area (TPSA) is 99.3 Å². The summed E-state index contributed by atoms with van der Waals surface area (Å²) in [5.41, 5.74) is 1.92. The van der Waals surface area contributed by atoms with Crippen LogP contribution >= 0.6 is 0 Å². The second-order valence-corrected chi connectivity index (χ2v) is 8.40. The summed E-state index contributed by atoms with van der Waals surface area (Å²) in [5.74, 6) is 1.07. The highest BCUT2D eigenvalue weighted by molar-refractivity contribution is 5.67. The fourth-order valence-electron chi connectivity index (χ4n) is 4.12. The zero-order chi connectivity index (χ0) is 26.9. The van der Waals surface area contributed by atoms with Gasteiger partial charge in [-0.05, 0) is 60.0 Å². The van der Waals surface area contributed by atoms with E-state index in [1.807, 2.05) is 24.3 Å². The summed E-state index contributed by atoms with van der Waals surface area (Å²) >= 11 is 0. The summed E-state index contributed by atoms with van der Waals surface area (Å²) in [4.78, 5) is 20.0. The molecule has 0 radical (unpaired) electrons. The lowest BCUT2D eigenvalue weighted by Crippen LogP contribution is -2.28. The average Bonchev–Trinajstić information content (AvgIpc) is 2.91. The third kappa shape index (κ3) is 5.01. The second-order valence-electron chi connectivity index (χ2n) is 8.40. The van der Waals surface area contributed by atoms with Gasteiger partial charge in [-0.1, -0.05) is 6.07 Å². The molecule has 0 bridgehead atoms. The molecule has 8 nitrogen and oxygen atoms in total. The number of benzene rings is 2. The molecule has 38 heavy (non-hydrogen) atoms. The molecule has 5 rings (SSSR count). The van der Waals surface area contributed by atoms with Gasteiger partial charge in [0, 0.05) is 18.2 Å². The first-order chi connectivity index (χ1) is 18.2. The van der Waals surface area contributed by atoms with Crippen molar-refractivity contribution >= 4 is 0 Å². The SMILES string of the molecule is COc1ccc2c(c1)CCn1c-2cc(OCc2ccc(Oc3ccc(C(F)(F)F)nc3)c(C#N)c2)nc1=O. The van der Waals surface area contributed by atoms with E-state index in [2.05, 4.69) is 9.97 Å². The predicted molar refractivity (Wildman–Crippen MR) is 129 cm³/mol. The van der Waals surface area contributed by atoms with Crippen molar-refractivity contribution in [3.8, 4) is 40.5 Å². The predicted octanol–water partition coefficient (Wildman–Crippen LogP) is 5.13. The van der Waals surface area contributed by atoms with Crippen LogP contribution in [-0.2, 0) is 25.7 Å². The molecule has 0 spiro atoms. The number of pyridine rings is 1. The van der Waals surface area contributed by atoms with E-state index >= 15 is 0 Å². The normalized spacial score (nSPS) is 12.2. The third-order valence-corrected chi connectivity index (χ3v) is 5.99. The third-order valence-electron chi connectivity index (χ3n) is 5.99. The number of nitrogens with zero attached hydrogens (tertiary/aromatic N) is 4. The van der Waals surface area contributed by atoms with E-state index in [1.165, 1.54) is 12.1 Å². The van der Waals surface area contributed by atoms with Crippen molar-refractivity contribution in [3.63, 3.8) is 0 Å². The van der Waals surface area contributed by atoms with Crippen LogP contribution in [0.1, 0.15) is 22.4 Å². The Morgan fingerprint density at radius 3 is 2.61 bits per heavy atom. The van der Waals surface area contributed by atoms with Gasteiger partial charge in [0.15, 0.2) is 0 Å². The van der Waals surface area contributed by atoms with Gasteiger partial charge < -0.3 is 14.2 Å². The van der Waals surface area contributed by atoms with Crippen LogP contribution in [0.2, 0.25) is 0 Å². The van der Waals surface area contributed by atoms with E-state index in [-0.39, 0.29) is 29.5 Å². The van der Waals surface area contributed by atoms with Gasteiger partial charge in [0.25, 0.3) is 0 Å². The van der Waals surface area contributed by atoms with Crippen LogP contribution in [0.5, 0.6) is 23.1 Å². The monoisotopic (exact) mass is 520 g/mol. The Kier molecular flexibility index (Phi) is 6.46. The van der Waals surface area contributed by atoms with Crippen LogP contribution in [0.15, 0.2) is 65.6 Å². The molecule has 192 valence electrons. The standard InChI is InChI=1S/C27H19F3N4O4/c1-36-19-3-5-21-17(11-19)8-9-34-22(21)12-25(33-26(34)35)37-15-16-2-6-23(18(10-16)13-31)38-20-4-7-24(32-14-20)27(28,29)30/h2-7,10-12,14H,8-9,15H2,1H3. The number of fused-ring (bicyclic) bond motifs is 3. The highest BCUT2D eigenvalue weighted by Gasteiger charge is 2.32. The number of hydrogen-bond acceptors (Lipinski definition) is 7. The zero-order valence-electron chi connectivity index (χ0n) is 20.0. The number of hydrogen-bond donors (Lipinski definition) is 0. The van der Waals surface area contributed by atoms with Gasteiger partial charge in [0.2, 0.25) is 5.88 Å². The maximum Gasteiger partial charge on any atom is 0.433 e. The first kappa shape index (κ1) is 24.8. The number of aryl methyl sites for hydroxylation is 1. The van der Waals surface area contributed by atoms with Crippen molar-refractivity contribution in [2.75, 3.05) is 7.11 Å². The second kappa shape index (κ2) is 9.89. The molecule has 4 aromatic rings. The highest BCUT2D eigenvalue weighted by Crippen LogP contribution is 2.33. The quantitative estimate of drug-likeness (QED) is 0.348. The summed E-state index contributed by atoms with van der Waals surface area (Å²) < 4.78 is 56.4. The Labute approximate surface area is 214 Å². The number of alkyl halides is 3. The largest absolute Gasteiger partial charge is 0.497 e. The van der Waals surface area contributed by atoms with Gasteiger partial charge in [0.05, 0.1) is 24.6 Å². The van der Waals surface area contributed by atoms with Crippen LogP contribution < -0.4 is 19.9 Å². The lowest BCUT2D eigenvalue weighted by Gasteiger charge is -2.22. The number of rotatable bonds is 6. The Morgan fingerprint density at radius 2 is 1.89 bits per heavy atom. The fraction of sp³-hybridized carbons (Fsp3) is 0.185. The summed E-state index contributed by atoms with van der Waals surface area (Å²) in [6.07, 6.45) is -2.95. The molecule has 0 unspecified atom stereocenters. The lowest BCUT2D eigenvalue weighted by molar-refractivity contribution is -0.141. The molecular formula is C27H19F3N4O4. The Morgan fingerprint density at radius 1 is 1.08 bits per heavy atom. The van der Waals surface area contributed by atoms with Crippen LogP contribution in [0.25, 0.3) is 11.3 Å². The molecule has 0 aliphatic carbocycles. The molecule has 2 aromatic carbocycles. The minimum absolute atomic E-state index is 0.0160. The molecular weight excluding hydrogens is 501 g/mol. The lowest BCUT2D eigenvalue weighted by atomic mass is 9.97. The maximum absolute atomic E-state index is 12.7. The van der Waals surface area contributed by atoms with E-state index in [4.69, 9.17) is 14.2 Å². The molecule has 0 N–H and O–H groups in total. The van der Waals surface area contributed by atoms with Crippen molar-refractivity contribution in [2.24, 2.45) is 0 Å². The van der Waals surface area contributed by atoms with Gasteiger partial charge in [-0.3, -0.25) is 4.57 Å². The van der Waals surface area contributed by atoms with E-state index in [9.17, 15) is 23.2 Å². The molecule has 1 aliphatic heterocycles. The molecule has 3 heterocycles. The summed E-state index contributed by atoms with van der Waals surface area (Å²) in [6.45, 7) is 0.505. The number of nitriles is 1. The van der Waals surface area contributed by atoms with Crippen molar-refractivity contribution in [2.45, 2.75) is 25.7 Å². The molecule has 11 heteroatoms. The summed E-state index contributed by atoms with van der Waals surface area (Å²) in [6, 6.07) is 16.0. The van der Waals surface area contributed by atoms with Crippen LogP contribution in [0, 0.1) is 11.3 Å². The Balaban J connectivity index is 1.33. The van der Waals surface area contributed by atoms with Gasteiger partial charge in [-0.2, -0.15) is 23.4 Å². The van der Waals surface area contributed by atoms with Crippen molar-refractivity contribution in [1.82, 2.24) is 14.5 Å².